The number of nitrogens with one attached hydrogen (secondary N) is 2. The summed E-state index contributed by atoms with van der Waals surface area (Å²) >= 11 is 0. The highest BCUT2D eigenvalue weighted by atomic mass is 19.1. The lowest BCUT2D eigenvalue weighted by Gasteiger charge is -2.08. The van der Waals surface area contributed by atoms with Crippen molar-refractivity contribution < 1.29 is 19.1 Å². The van der Waals surface area contributed by atoms with Crippen molar-refractivity contribution in [1.29, 1.82) is 0 Å². The van der Waals surface area contributed by atoms with Crippen LogP contribution in [0.1, 0.15) is 5.56 Å². The van der Waals surface area contributed by atoms with Gasteiger partial charge in [-0.05, 0) is 48.0 Å². The second kappa shape index (κ2) is 8.50. The van der Waals surface area contributed by atoms with E-state index in [2.05, 4.69) is 10.3 Å². The maximum absolute atomic E-state index is 12.7. The summed E-state index contributed by atoms with van der Waals surface area (Å²) in [5.41, 5.74) is 2.23. The van der Waals surface area contributed by atoms with Crippen LogP contribution in [0.4, 0.5) is 10.2 Å². The number of pyridine rings is 1. The fraction of sp³-hybridized carbons (Fsp3) is 0.125. The van der Waals surface area contributed by atoms with Gasteiger partial charge in [0, 0.05) is 12.3 Å². The summed E-state index contributed by atoms with van der Waals surface area (Å²) in [5, 5.41) is 11.4. The summed E-state index contributed by atoms with van der Waals surface area (Å²) in [6.45, 7) is 0.943. The van der Waals surface area contributed by atoms with E-state index in [0.29, 0.717) is 24.7 Å². The molecular weight excluding hydrogens is 301 g/mol. The van der Waals surface area contributed by atoms with Gasteiger partial charge >= 0.3 is 0 Å². The van der Waals surface area contributed by atoms with E-state index < -0.39 is 5.91 Å². The average molecular weight is 317 g/mol. The number of rotatable bonds is 7. The van der Waals surface area contributed by atoms with Crippen molar-refractivity contribution in [1.82, 2.24) is 10.5 Å². The number of amides is 1. The average Bonchev–Trinajstić information content (AvgIpc) is 2.59. The lowest BCUT2D eigenvalue weighted by Crippen LogP contribution is -2.14. The number of aromatic nitrogens is 1. The van der Waals surface area contributed by atoms with Crippen molar-refractivity contribution in [2.75, 3.05) is 18.5 Å². The molecule has 0 aliphatic heterocycles. The van der Waals surface area contributed by atoms with E-state index in [1.165, 1.54) is 29.8 Å². The van der Waals surface area contributed by atoms with Crippen molar-refractivity contribution in [2.45, 2.75) is 0 Å². The first-order chi connectivity index (χ1) is 11.2. The minimum Gasteiger partial charge on any atom is -0.492 e. The molecule has 2 aromatic rings. The van der Waals surface area contributed by atoms with Crippen LogP contribution in [0.25, 0.3) is 6.08 Å². The molecule has 0 saturated carbocycles. The summed E-state index contributed by atoms with van der Waals surface area (Å²) < 4.78 is 18.2. The van der Waals surface area contributed by atoms with E-state index >= 15 is 0 Å². The molecule has 0 fully saturated rings. The summed E-state index contributed by atoms with van der Waals surface area (Å²) in [5.74, 6) is 0.357. The molecule has 120 valence electrons. The number of hydroxylamine groups is 1. The Bertz CT molecular complexity index is 657. The standard InChI is InChI=1S/C16H16FN3O3/c17-13-3-5-14(6-4-13)23-10-9-18-15-7-1-12(11-19-15)2-8-16(21)20-22/h1-8,11,22H,9-10H2,(H,18,19)(H,20,21)/b8-2+. The largest absolute Gasteiger partial charge is 0.492 e. The quantitative estimate of drug-likeness (QED) is 0.316. The lowest BCUT2D eigenvalue weighted by atomic mass is 10.2. The Hall–Kier alpha value is -2.93. The first kappa shape index (κ1) is 16.4. The minimum atomic E-state index is -0.606. The summed E-state index contributed by atoms with van der Waals surface area (Å²) in [6.07, 6.45) is 4.31. The molecule has 1 aromatic carbocycles. The number of benzene rings is 1. The number of hydrogen-bond donors (Lipinski definition) is 3. The molecule has 3 N–H and O–H groups in total. The maximum Gasteiger partial charge on any atom is 0.267 e. The number of carbonyl (C=O) groups excluding carboxylic acids is 1. The van der Waals surface area contributed by atoms with E-state index in [9.17, 15) is 9.18 Å². The molecule has 0 radical (unpaired) electrons. The zero-order valence-electron chi connectivity index (χ0n) is 12.2. The maximum atomic E-state index is 12.7. The Kier molecular flexibility index (Phi) is 6.07. The molecular formula is C16H16FN3O3. The Morgan fingerprint density at radius 3 is 2.70 bits per heavy atom. The first-order valence-corrected chi connectivity index (χ1v) is 6.88. The molecule has 0 aliphatic rings. The monoisotopic (exact) mass is 317 g/mol. The zero-order valence-corrected chi connectivity index (χ0v) is 12.2. The van der Waals surface area contributed by atoms with Crippen molar-refractivity contribution in [3.05, 3.63) is 60.1 Å². The van der Waals surface area contributed by atoms with E-state index in [0.717, 1.165) is 5.56 Å². The molecule has 6 nitrogen and oxygen atoms in total. The normalized spacial score (nSPS) is 10.5. The second-order valence-electron chi connectivity index (χ2n) is 4.52. The number of carbonyl (C=O) groups is 1. The van der Waals surface area contributed by atoms with Crippen LogP contribution >= 0.6 is 0 Å². The van der Waals surface area contributed by atoms with Gasteiger partial charge in [0.15, 0.2) is 0 Å². The Balaban J connectivity index is 1.74. The number of hydrogen-bond acceptors (Lipinski definition) is 5. The van der Waals surface area contributed by atoms with E-state index in [1.807, 2.05) is 0 Å². The van der Waals surface area contributed by atoms with Gasteiger partial charge < -0.3 is 10.1 Å². The van der Waals surface area contributed by atoms with Gasteiger partial charge in [-0.3, -0.25) is 10.0 Å². The van der Waals surface area contributed by atoms with Crippen LogP contribution in [0.3, 0.4) is 0 Å². The predicted molar refractivity (Wildman–Crippen MR) is 83.6 cm³/mol. The number of nitrogens with zero attached hydrogens (tertiary/aromatic N) is 1. The molecule has 0 unspecified atom stereocenters. The fourth-order valence-corrected chi connectivity index (χ4v) is 1.70. The molecule has 0 atom stereocenters. The molecule has 0 bridgehead atoms. The molecule has 2 rings (SSSR count). The highest BCUT2D eigenvalue weighted by Gasteiger charge is 1.97. The topological polar surface area (TPSA) is 83.5 Å². The van der Waals surface area contributed by atoms with Crippen LogP contribution < -0.4 is 15.5 Å². The summed E-state index contributed by atoms with van der Waals surface area (Å²) in [7, 11) is 0. The summed E-state index contributed by atoms with van der Waals surface area (Å²) in [6, 6.07) is 9.35. The van der Waals surface area contributed by atoms with E-state index in [-0.39, 0.29) is 5.82 Å². The minimum absolute atomic E-state index is 0.301. The molecule has 0 saturated heterocycles. The van der Waals surface area contributed by atoms with Gasteiger partial charge in [0.25, 0.3) is 5.91 Å². The van der Waals surface area contributed by atoms with Gasteiger partial charge in [-0.1, -0.05) is 0 Å². The van der Waals surface area contributed by atoms with Crippen LogP contribution in [0.5, 0.6) is 5.75 Å². The van der Waals surface area contributed by atoms with Crippen molar-refractivity contribution >= 4 is 17.8 Å². The SMILES string of the molecule is O=C(/C=C/c1ccc(NCCOc2ccc(F)cc2)nc1)NO. The third kappa shape index (κ3) is 5.76. The number of halogens is 1. The molecule has 7 heteroatoms. The van der Waals surface area contributed by atoms with Crippen LogP contribution in [-0.2, 0) is 4.79 Å². The van der Waals surface area contributed by atoms with Crippen molar-refractivity contribution in [3.8, 4) is 5.75 Å². The van der Waals surface area contributed by atoms with Crippen LogP contribution in [0.15, 0.2) is 48.7 Å². The smallest absolute Gasteiger partial charge is 0.267 e. The van der Waals surface area contributed by atoms with Crippen molar-refractivity contribution in [3.63, 3.8) is 0 Å². The van der Waals surface area contributed by atoms with Crippen LogP contribution in [-0.4, -0.2) is 29.3 Å². The second-order valence-corrected chi connectivity index (χ2v) is 4.52. The van der Waals surface area contributed by atoms with Gasteiger partial charge in [0.1, 0.15) is 24.0 Å². The van der Waals surface area contributed by atoms with Crippen molar-refractivity contribution in [2.24, 2.45) is 0 Å². The summed E-state index contributed by atoms with van der Waals surface area (Å²) in [4.78, 5) is 15.0. The zero-order chi connectivity index (χ0) is 16.5. The Labute approximate surface area is 132 Å². The van der Waals surface area contributed by atoms with Gasteiger partial charge in [0.05, 0.1) is 6.54 Å². The molecule has 1 heterocycles. The fourth-order valence-electron chi connectivity index (χ4n) is 1.70. The Morgan fingerprint density at radius 2 is 2.04 bits per heavy atom. The highest BCUT2D eigenvalue weighted by molar-refractivity contribution is 5.90. The third-order valence-corrected chi connectivity index (χ3v) is 2.81. The van der Waals surface area contributed by atoms with E-state index in [1.54, 1.807) is 30.5 Å². The van der Waals surface area contributed by atoms with Gasteiger partial charge in [-0.2, -0.15) is 0 Å². The van der Waals surface area contributed by atoms with Gasteiger partial charge in [-0.15, -0.1) is 0 Å². The number of anilines is 1. The number of ether oxygens (including phenoxy) is 1. The van der Waals surface area contributed by atoms with Crippen LogP contribution in [0.2, 0.25) is 0 Å². The van der Waals surface area contributed by atoms with E-state index in [4.69, 9.17) is 9.94 Å². The third-order valence-electron chi connectivity index (χ3n) is 2.81. The first-order valence-electron chi connectivity index (χ1n) is 6.88. The molecule has 0 aliphatic carbocycles. The molecule has 0 spiro atoms. The Morgan fingerprint density at radius 1 is 1.26 bits per heavy atom. The molecule has 23 heavy (non-hydrogen) atoms. The lowest BCUT2D eigenvalue weighted by molar-refractivity contribution is -0.124. The van der Waals surface area contributed by atoms with Gasteiger partial charge in [0.2, 0.25) is 0 Å². The predicted octanol–water partition coefficient (Wildman–Crippen LogP) is 2.23. The molecule has 1 amide bonds. The highest BCUT2D eigenvalue weighted by Crippen LogP contribution is 2.11. The molecule has 1 aromatic heterocycles. The van der Waals surface area contributed by atoms with Crippen LogP contribution in [0, 0.1) is 5.82 Å². The van der Waals surface area contributed by atoms with Gasteiger partial charge in [-0.25, -0.2) is 14.9 Å².